The average molecular weight is 331 g/mol. The summed E-state index contributed by atoms with van der Waals surface area (Å²) in [7, 11) is -1.66. The zero-order valence-corrected chi connectivity index (χ0v) is 14.1. The Kier molecular flexibility index (Phi) is 5.13. The number of fused-ring (bicyclic) bond motifs is 1. The first-order chi connectivity index (χ1) is 11.1. The van der Waals surface area contributed by atoms with Gasteiger partial charge in [-0.1, -0.05) is 25.0 Å². The van der Waals surface area contributed by atoms with Crippen molar-refractivity contribution in [1.82, 2.24) is 15.2 Å². The second-order valence-electron chi connectivity index (χ2n) is 4.45. The van der Waals surface area contributed by atoms with E-state index in [2.05, 4.69) is 26.0 Å². The molecule has 0 saturated heterocycles. The van der Waals surface area contributed by atoms with E-state index < -0.39 is 11.0 Å². The number of aromatic amines is 1. The molecule has 8 heteroatoms. The molecule has 0 radical (unpaired) electrons. The van der Waals surface area contributed by atoms with Crippen LogP contribution in [0.2, 0.25) is 0 Å². The zero-order valence-electron chi connectivity index (χ0n) is 13.3. The van der Waals surface area contributed by atoms with E-state index in [1.54, 1.807) is 19.2 Å². The van der Waals surface area contributed by atoms with Crippen LogP contribution in [0.25, 0.3) is 10.9 Å². The first kappa shape index (κ1) is 16.7. The van der Waals surface area contributed by atoms with E-state index in [-0.39, 0.29) is 5.22 Å². The Labute approximate surface area is 136 Å². The van der Waals surface area contributed by atoms with Gasteiger partial charge in [0.2, 0.25) is 16.9 Å². The minimum absolute atomic E-state index is 0.00767. The second-order valence-corrected chi connectivity index (χ2v) is 5.54. The van der Waals surface area contributed by atoms with Gasteiger partial charge in [-0.25, -0.2) is 4.21 Å². The minimum atomic E-state index is -1.66. The van der Waals surface area contributed by atoms with E-state index in [0.29, 0.717) is 17.1 Å². The summed E-state index contributed by atoms with van der Waals surface area (Å²) in [6.07, 6.45) is 1.63. The number of aromatic nitrogens is 3. The third-order valence-electron chi connectivity index (χ3n) is 3.03. The highest BCUT2D eigenvalue weighted by Crippen LogP contribution is 2.29. The van der Waals surface area contributed by atoms with Crippen molar-refractivity contribution < 1.29 is 8.63 Å². The molecule has 2 heterocycles. The van der Waals surface area contributed by atoms with Gasteiger partial charge in [0.1, 0.15) is 6.07 Å². The molecule has 2 N–H and O–H groups in total. The number of aryl methyl sites for hydroxylation is 2. The molecule has 7 nitrogen and oxygen atoms in total. The number of anilines is 1. The number of H-pyrrole nitrogens is 1. The molecule has 3 aromatic rings. The molecule has 3 rings (SSSR count). The van der Waals surface area contributed by atoms with Crippen LogP contribution in [0.15, 0.2) is 28.0 Å². The van der Waals surface area contributed by atoms with E-state index in [4.69, 9.17) is 9.68 Å². The lowest BCUT2D eigenvalue weighted by molar-refractivity contribution is 0.422. The maximum atomic E-state index is 12.2. The van der Waals surface area contributed by atoms with Gasteiger partial charge in [-0.2, -0.15) is 5.26 Å². The van der Waals surface area contributed by atoms with Gasteiger partial charge in [-0.15, -0.1) is 5.10 Å². The Bertz CT molecular complexity index is 891. The van der Waals surface area contributed by atoms with Crippen molar-refractivity contribution in [1.29, 1.82) is 5.26 Å². The molecule has 120 valence electrons. The highest BCUT2D eigenvalue weighted by molar-refractivity contribution is 7.86. The molecule has 1 atom stereocenters. The Hall–Kier alpha value is -2.66. The molecule has 0 fully saturated rings. The molecule has 0 aliphatic carbocycles. The highest BCUT2D eigenvalue weighted by Gasteiger charge is 2.15. The average Bonchev–Trinajstić information content (AvgIpc) is 3.18. The van der Waals surface area contributed by atoms with E-state index in [1.165, 1.54) is 0 Å². The van der Waals surface area contributed by atoms with Gasteiger partial charge in [0.15, 0.2) is 0 Å². The van der Waals surface area contributed by atoms with E-state index in [1.807, 2.05) is 26.8 Å². The Morgan fingerprint density at radius 2 is 2.04 bits per heavy atom. The van der Waals surface area contributed by atoms with Crippen LogP contribution in [0.3, 0.4) is 0 Å². The standard InChI is InChI=1S/C13H11N5O2S.C2H6/c1-7-3-4-10(12-11(7)9(5-14)6-15-12)18-21(19)13-17-16-8(2)20-13;1-2/h3-4,6,15,18H,1-2H3;1-2H3. The van der Waals surface area contributed by atoms with Gasteiger partial charge in [-0.05, 0) is 18.6 Å². The molecular weight excluding hydrogens is 314 g/mol. The normalized spacial score (nSPS) is 11.4. The summed E-state index contributed by atoms with van der Waals surface area (Å²) in [5, 5.41) is 17.3. The van der Waals surface area contributed by atoms with Crippen molar-refractivity contribution in [3.63, 3.8) is 0 Å². The molecule has 0 spiro atoms. The Morgan fingerprint density at radius 3 is 2.65 bits per heavy atom. The molecule has 0 aliphatic rings. The van der Waals surface area contributed by atoms with Crippen molar-refractivity contribution in [3.8, 4) is 6.07 Å². The van der Waals surface area contributed by atoms with Crippen LogP contribution in [0.1, 0.15) is 30.9 Å². The number of benzene rings is 1. The van der Waals surface area contributed by atoms with Crippen LogP contribution in [-0.4, -0.2) is 19.4 Å². The molecule has 0 amide bonds. The van der Waals surface area contributed by atoms with Crippen LogP contribution in [-0.2, 0) is 11.0 Å². The fourth-order valence-electron chi connectivity index (χ4n) is 2.09. The van der Waals surface area contributed by atoms with Crippen LogP contribution in [0.5, 0.6) is 0 Å². The van der Waals surface area contributed by atoms with E-state index in [9.17, 15) is 4.21 Å². The minimum Gasteiger partial charge on any atom is -0.413 e. The maximum Gasteiger partial charge on any atom is 0.328 e. The van der Waals surface area contributed by atoms with Crippen LogP contribution < -0.4 is 4.72 Å². The molecule has 1 aromatic carbocycles. The monoisotopic (exact) mass is 331 g/mol. The van der Waals surface area contributed by atoms with E-state index in [0.717, 1.165) is 16.5 Å². The largest absolute Gasteiger partial charge is 0.413 e. The predicted molar refractivity (Wildman–Crippen MR) is 88.2 cm³/mol. The summed E-state index contributed by atoms with van der Waals surface area (Å²) < 4.78 is 20.1. The third-order valence-corrected chi connectivity index (χ3v) is 3.92. The van der Waals surface area contributed by atoms with Crippen LogP contribution in [0.4, 0.5) is 5.69 Å². The van der Waals surface area contributed by atoms with Crippen molar-refractivity contribution in [2.24, 2.45) is 0 Å². The van der Waals surface area contributed by atoms with Gasteiger partial charge in [0.25, 0.3) is 0 Å². The first-order valence-electron chi connectivity index (χ1n) is 7.09. The quantitative estimate of drug-likeness (QED) is 0.766. The third kappa shape index (κ3) is 3.24. The fraction of sp³-hybridized carbons (Fsp3) is 0.267. The number of nitrogens with one attached hydrogen (secondary N) is 2. The molecule has 0 aliphatic heterocycles. The smallest absolute Gasteiger partial charge is 0.328 e. The Balaban J connectivity index is 0.000000924. The summed E-state index contributed by atoms with van der Waals surface area (Å²) in [5.74, 6) is 0.348. The lowest BCUT2D eigenvalue weighted by Crippen LogP contribution is -2.05. The second kappa shape index (κ2) is 7.07. The molecule has 0 saturated carbocycles. The number of hydrogen-bond acceptors (Lipinski definition) is 5. The lowest BCUT2D eigenvalue weighted by atomic mass is 10.1. The van der Waals surface area contributed by atoms with Gasteiger partial charge in [-0.3, -0.25) is 4.72 Å². The van der Waals surface area contributed by atoms with Gasteiger partial charge >= 0.3 is 5.22 Å². The summed E-state index contributed by atoms with van der Waals surface area (Å²) >= 11 is 0. The molecule has 1 unspecified atom stereocenters. The molecular formula is C15H17N5O2S. The number of nitrogens with zero attached hydrogens (tertiary/aromatic N) is 3. The SMILES string of the molecule is CC.Cc1nnc(S(=O)Nc2ccc(C)c3c(C#N)c[nH]c23)o1. The van der Waals surface area contributed by atoms with Crippen molar-refractivity contribution in [2.45, 2.75) is 32.9 Å². The van der Waals surface area contributed by atoms with Gasteiger partial charge < -0.3 is 9.40 Å². The summed E-state index contributed by atoms with van der Waals surface area (Å²) in [4.78, 5) is 3.02. The summed E-state index contributed by atoms with van der Waals surface area (Å²) in [6, 6.07) is 5.78. The van der Waals surface area contributed by atoms with Crippen LogP contribution >= 0.6 is 0 Å². The molecule has 23 heavy (non-hydrogen) atoms. The fourth-order valence-corrected chi connectivity index (χ4v) is 2.86. The molecule has 0 bridgehead atoms. The zero-order chi connectivity index (χ0) is 17.0. The van der Waals surface area contributed by atoms with Crippen LogP contribution in [0, 0.1) is 25.2 Å². The van der Waals surface area contributed by atoms with Gasteiger partial charge in [0.05, 0.1) is 16.8 Å². The first-order valence-corrected chi connectivity index (χ1v) is 8.24. The van der Waals surface area contributed by atoms with Crippen molar-refractivity contribution in [3.05, 3.63) is 35.3 Å². The molecule has 2 aromatic heterocycles. The number of hydrogen-bond donors (Lipinski definition) is 2. The predicted octanol–water partition coefficient (Wildman–Crippen LogP) is 3.20. The van der Waals surface area contributed by atoms with Gasteiger partial charge in [0, 0.05) is 18.5 Å². The number of nitriles is 1. The van der Waals surface area contributed by atoms with Crippen molar-refractivity contribution in [2.75, 3.05) is 4.72 Å². The Morgan fingerprint density at radius 1 is 1.30 bits per heavy atom. The van der Waals surface area contributed by atoms with E-state index >= 15 is 0 Å². The lowest BCUT2D eigenvalue weighted by Gasteiger charge is -2.06. The topological polar surface area (TPSA) is 108 Å². The summed E-state index contributed by atoms with van der Waals surface area (Å²) in [5.41, 5.74) is 2.83. The summed E-state index contributed by atoms with van der Waals surface area (Å²) in [6.45, 7) is 7.54. The highest BCUT2D eigenvalue weighted by atomic mass is 32.2. The maximum absolute atomic E-state index is 12.2. The number of rotatable bonds is 3. The van der Waals surface area contributed by atoms with Crippen molar-refractivity contribution >= 4 is 27.6 Å².